The summed E-state index contributed by atoms with van der Waals surface area (Å²) in [7, 11) is 1.68. The van der Waals surface area contributed by atoms with Crippen LogP contribution in [0.25, 0.3) is 0 Å². The van der Waals surface area contributed by atoms with Crippen molar-refractivity contribution in [2.45, 2.75) is 26.7 Å². The van der Waals surface area contributed by atoms with E-state index < -0.39 is 0 Å². The molecule has 1 rings (SSSR count). The van der Waals surface area contributed by atoms with Crippen LogP contribution < -0.4 is 5.32 Å². The fraction of sp³-hybridized carbons (Fsp3) is 0.923. The van der Waals surface area contributed by atoms with Crippen molar-refractivity contribution in [1.29, 1.82) is 0 Å². The van der Waals surface area contributed by atoms with Gasteiger partial charge in [-0.1, -0.05) is 13.8 Å². The summed E-state index contributed by atoms with van der Waals surface area (Å²) in [6, 6.07) is 0. The largest absolute Gasteiger partial charge is 0.383 e. The molecule has 0 aromatic carbocycles. The first-order chi connectivity index (χ1) is 8.15. The van der Waals surface area contributed by atoms with Crippen molar-refractivity contribution in [2.24, 2.45) is 11.8 Å². The molecule has 4 nitrogen and oxygen atoms in total. The lowest BCUT2D eigenvalue weighted by molar-refractivity contribution is -0.137. The molecular weight excluding hydrogens is 216 g/mol. The van der Waals surface area contributed by atoms with Crippen molar-refractivity contribution in [3.8, 4) is 0 Å². The molecule has 0 aromatic rings. The Labute approximate surface area is 105 Å². The van der Waals surface area contributed by atoms with Crippen LogP contribution in [-0.4, -0.2) is 50.7 Å². The van der Waals surface area contributed by atoms with Gasteiger partial charge in [0.15, 0.2) is 0 Å². The summed E-state index contributed by atoms with van der Waals surface area (Å²) < 4.78 is 5.08. The molecule has 1 atom stereocenters. The van der Waals surface area contributed by atoms with E-state index in [0.717, 1.165) is 32.5 Å². The van der Waals surface area contributed by atoms with Crippen molar-refractivity contribution in [3.63, 3.8) is 0 Å². The first-order valence-corrected chi connectivity index (χ1v) is 6.63. The van der Waals surface area contributed by atoms with Gasteiger partial charge in [-0.2, -0.15) is 0 Å². The predicted octanol–water partition coefficient (Wildman–Crippen LogP) is 1.12. The van der Waals surface area contributed by atoms with E-state index in [0.29, 0.717) is 25.0 Å². The normalized spacial score (nSPS) is 20.6. The zero-order valence-electron chi connectivity index (χ0n) is 11.4. The lowest BCUT2D eigenvalue weighted by Gasteiger charge is -2.30. The standard InChI is InChI=1S/C13H26N2O2/c1-11(2)10-15(7-8-17-3)13(16)12-5-4-6-14-9-12/h11-12,14H,4-10H2,1-3H3. The SMILES string of the molecule is COCCN(CC(C)C)C(=O)C1CCCNC1. The van der Waals surface area contributed by atoms with Crippen LogP contribution in [0.5, 0.6) is 0 Å². The monoisotopic (exact) mass is 242 g/mol. The Morgan fingerprint density at radius 2 is 2.29 bits per heavy atom. The van der Waals surface area contributed by atoms with Gasteiger partial charge in [0.1, 0.15) is 0 Å². The Balaban J connectivity index is 2.50. The lowest BCUT2D eigenvalue weighted by Crippen LogP contribution is -2.45. The Morgan fingerprint density at radius 3 is 2.82 bits per heavy atom. The summed E-state index contributed by atoms with van der Waals surface area (Å²) in [5, 5.41) is 3.30. The molecule has 0 bridgehead atoms. The van der Waals surface area contributed by atoms with E-state index in [9.17, 15) is 4.79 Å². The highest BCUT2D eigenvalue weighted by Gasteiger charge is 2.25. The van der Waals surface area contributed by atoms with Gasteiger partial charge in [-0.3, -0.25) is 4.79 Å². The number of carbonyl (C=O) groups excluding carboxylic acids is 1. The van der Waals surface area contributed by atoms with Crippen LogP contribution in [0.4, 0.5) is 0 Å². The molecule has 1 saturated heterocycles. The molecule has 1 amide bonds. The number of amides is 1. The van der Waals surface area contributed by atoms with Gasteiger partial charge in [0.25, 0.3) is 0 Å². The van der Waals surface area contributed by atoms with Crippen molar-refractivity contribution < 1.29 is 9.53 Å². The molecule has 0 spiro atoms. The molecule has 1 N–H and O–H groups in total. The molecule has 0 aliphatic carbocycles. The van der Waals surface area contributed by atoms with Crippen molar-refractivity contribution >= 4 is 5.91 Å². The van der Waals surface area contributed by atoms with Crippen LogP contribution >= 0.6 is 0 Å². The summed E-state index contributed by atoms with van der Waals surface area (Å²) >= 11 is 0. The van der Waals surface area contributed by atoms with Gasteiger partial charge in [-0.15, -0.1) is 0 Å². The average Bonchev–Trinajstić information content (AvgIpc) is 2.34. The van der Waals surface area contributed by atoms with E-state index >= 15 is 0 Å². The number of hydrogen-bond donors (Lipinski definition) is 1. The fourth-order valence-corrected chi connectivity index (χ4v) is 2.25. The molecule has 4 heteroatoms. The third-order valence-corrected chi connectivity index (χ3v) is 3.11. The number of rotatable bonds is 6. The van der Waals surface area contributed by atoms with Crippen LogP contribution in [0.2, 0.25) is 0 Å². The van der Waals surface area contributed by atoms with E-state index in [-0.39, 0.29) is 5.92 Å². The molecule has 0 radical (unpaired) electrons. The predicted molar refractivity (Wildman–Crippen MR) is 68.9 cm³/mol. The van der Waals surface area contributed by atoms with E-state index in [1.54, 1.807) is 7.11 Å². The summed E-state index contributed by atoms with van der Waals surface area (Å²) in [5.41, 5.74) is 0. The molecule has 0 aromatic heterocycles. The van der Waals surface area contributed by atoms with E-state index in [2.05, 4.69) is 19.2 Å². The van der Waals surface area contributed by atoms with Crippen LogP contribution in [0.1, 0.15) is 26.7 Å². The third kappa shape index (κ3) is 5.04. The third-order valence-electron chi connectivity index (χ3n) is 3.11. The number of hydrogen-bond acceptors (Lipinski definition) is 3. The first-order valence-electron chi connectivity index (χ1n) is 6.63. The Kier molecular flexibility index (Phi) is 6.52. The van der Waals surface area contributed by atoms with Gasteiger partial charge in [-0.25, -0.2) is 0 Å². The second-order valence-electron chi connectivity index (χ2n) is 5.21. The zero-order chi connectivity index (χ0) is 12.7. The van der Waals surface area contributed by atoms with Gasteiger partial charge in [0.2, 0.25) is 5.91 Å². The summed E-state index contributed by atoms with van der Waals surface area (Å²) in [6.45, 7) is 8.34. The maximum atomic E-state index is 12.4. The van der Waals surface area contributed by atoms with Gasteiger partial charge < -0.3 is 15.0 Å². The summed E-state index contributed by atoms with van der Waals surface area (Å²) in [5.74, 6) is 0.967. The van der Waals surface area contributed by atoms with E-state index in [1.165, 1.54) is 0 Å². The zero-order valence-corrected chi connectivity index (χ0v) is 11.4. The molecule has 17 heavy (non-hydrogen) atoms. The van der Waals surface area contributed by atoms with Crippen LogP contribution in [0.3, 0.4) is 0 Å². The van der Waals surface area contributed by atoms with Gasteiger partial charge in [0, 0.05) is 26.7 Å². The molecule has 100 valence electrons. The van der Waals surface area contributed by atoms with Crippen LogP contribution in [-0.2, 0) is 9.53 Å². The first kappa shape index (κ1) is 14.5. The topological polar surface area (TPSA) is 41.6 Å². The molecule has 1 heterocycles. The number of nitrogens with one attached hydrogen (secondary N) is 1. The molecule has 0 saturated carbocycles. The van der Waals surface area contributed by atoms with Gasteiger partial charge in [0.05, 0.1) is 12.5 Å². The van der Waals surface area contributed by atoms with Crippen LogP contribution in [0.15, 0.2) is 0 Å². The number of piperidine rings is 1. The highest BCUT2D eigenvalue weighted by molar-refractivity contribution is 5.79. The lowest BCUT2D eigenvalue weighted by atomic mass is 9.97. The van der Waals surface area contributed by atoms with Gasteiger partial charge in [-0.05, 0) is 25.3 Å². The number of methoxy groups -OCH3 is 1. The second kappa shape index (κ2) is 7.67. The Hall–Kier alpha value is -0.610. The molecule has 1 fully saturated rings. The maximum absolute atomic E-state index is 12.4. The number of ether oxygens (including phenoxy) is 1. The van der Waals surface area contributed by atoms with Gasteiger partial charge >= 0.3 is 0 Å². The maximum Gasteiger partial charge on any atom is 0.227 e. The quantitative estimate of drug-likeness (QED) is 0.759. The highest BCUT2D eigenvalue weighted by Crippen LogP contribution is 2.14. The van der Waals surface area contributed by atoms with Crippen LogP contribution in [0, 0.1) is 11.8 Å². The van der Waals surface area contributed by atoms with E-state index in [1.807, 2.05) is 4.90 Å². The summed E-state index contributed by atoms with van der Waals surface area (Å²) in [4.78, 5) is 14.3. The Bertz CT molecular complexity index is 225. The molecule has 1 unspecified atom stereocenters. The minimum absolute atomic E-state index is 0.166. The van der Waals surface area contributed by atoms with E-state index in [4.69, 9.17) is 4.74 Å². The average molecular weight is 242 g/mol. The van der Waals surface area contributed by atoms with Crippen molar-refractivity contribution in [2.75, 3.05) is 39.9 Å². The highest BCUT2D eigenvalue weighted by atomic mass is 16.5. The molecule has 1 aliphatic rings. The minimum atomic E-state index is 0.166. The molecular formula is C13H26N2O2. The fourth-order valence-electron chi connectivity index (χ4n) is 2.25. The smallest absolute Gasteiger partial charge is 0.227 e. The minimum Gasteiger partial charge on any atom is -0.383 e. The summed E-state index contributed by atoms with van der Waals surface area (Å²) in [6.07, 6.45) is 2.13. The number of carbonyl (C=O) groups is 1. The number of nitrogens with zero attached hydrogens (tertiary/aromatic N) is 1. The van der Waals surface area contributed by atoms with Crippen molar-refractivity contribution in [3.05, 3.63) is 0 Å². The van der Waals surface area contributed by atoms with Crippen molar-refractivity contribution in [1.82, 2.24) is 10.2 Å². The second-order valence-corrected chi connectivity index (χ2v) is 5.21. The molecule has 1 aliphatic heterocycles. The Morgan fingerprint density at radius 1 is 1.53 bits per heavy atom.